The first-order chi connectivity index (χ1) is 8.76. The van der Waals surface area contributed by atoms with Crippen molar-refractivity contribution in [1.82, 2.24) is 4.90 Å². The number of hydrogen-bond donors (Lipinski definition) is 2. The minimum Gasteiger partial charge on any atom is -0.399 e. The lowest BCUT2D eigenvalue weighted by atomic mass is 10.1. The Morgan fingerprint density at radius 3 is 2.74 bits per heavy atom. The molecule has 4 nitrogen and oxygen atoms in total. The van der Waals surface area contributed by atoms with Gasteiger partial charge < -0.3 is 15.7 Å². The van der Waals surface area contributed by atoms with Gasteiger partial charge in [-0.15, -0.1) is 11.3 Å². The van der Waals surface area contributed by atoms with E-state index in [1.54, 1.807) is 20.9 Å². The van der Waals surface area contributed by atoms with Crippen LogP contribution < -0.4 is 5.73 Å². The van der Waals surface area contributed by atoms with Crippen molar-refractivity contribution in [2.24, 2.45) is 0 Å². The van der Waals surface area contributed by atoms with Crippen LogP contribution in [0.5, 0.6) is 0 Å². The van der Waals surface area contributed by atoms with E-state index in [4.69, 9.17) is 5.73 Å². The SMILES string of the molecule is CN(CC(C)(C)O)C(=O)c1cc2cc(N)ccc2s1. The average molecular weight is 278 g/mol. The lowest BCUT2D eigenvalue weighted by molar-refractivity contribution is 0.0370. The number of nitrogens with zero attached hydrogens (tertiary/aromatic N) is 1. The van der Waals surface area contributed by atoms with Crippen molar-refractivity contribution >= 4 is 33.0 Å². The maximum Gasteiger partial charge on any atom is 0.263 e. The third-order valence-corrected chi connectivity index (χ3v) is 3.83. The number of benzene rings is 1. The molecule has 0 atom stereocenters. The first kappa shape index (κ1) is 13.8. The molecule has 1 aromatic heterocycles. The number of nitrogens with two attached hydrogens (primary N) is 1. The van der Waals surface area contributed by atoms with Crippen LogP contribution in [0.2, 0.25) is 0 Å². The Kier molecular flexibility index (Phi) is 3.52. The summed E-state index contributed by atoms with van der Waals surface area (Å²) in [6.07, 6.45) is 0. The summed E-state index contributed by atoms with van der Waals surface area (Å²) < 4.78 is 1.04. The van der Waals surface area contributed by atoms with E-state index in [0.717, 1.165) is 10.1 Å². The smallest absolute Gasteiger partial charge is 0.263 e. The Morgan fingerprint density at radius 2 is 2.11 bits per heavy atom. The van der Waals surface area contributed by atoms with Gasteiger partial charge in [-0.05, 0) is 43.5 Å². The van der Waals surface area contributed by atoms with Crippen molar-refractivity contribution in [3.05, 3.63) is 29.1 Å². The highest BCUT2D eigenvalue weighted by atomic mass is 32.1. The fourth-order valence-electron chi connectivity index (χ4n) is 2.01. The Morgan fingerprint density at radius 1 is 1.42 bits per heavy atom. The Bertz CT molecular complexity index is 613. The van der Waals surface area contributed by atoms with Gasteiger partial charge in [-0.2, -0.15) is 0 Å². The van der Waals surface area contributed by atoms with Gasteiger partial charge in [0.15, 0.2) is 0 Å². The van der Waals surface area contributed by atoms with Gasteiger partial charge >= 0.3 is 0 Å². The van der Waals surface area contributed by atoms with Crippen LogP contribution in [0.3, 0.4) is 0 Å². The fourth-order valence-corrected chi connectivity index (χ4v) is 3.05. The molecular weight excluding hydrogens is 260 g/mol. The summed E-state index contributed by atoms with van der Waals surface area (Å²) in [5.74, 6) is -0.0816. The predicted molar refractivity (Wildman–Crippen MR) is 79.5 cm³/mol. The lowest BCUT2D eigenvalue weighted by Crippen LogP contribution is -2.39. The first-order valence-corrected chi connectivity index (χ1v) is 6.85. The summed E-state index contributed by atoms with van der Waals surface area (Å²) in [7, 11) is 1.69. The van der Waals surface area contributed by atoms with Crippen LogP contribution in [0.4, 0.5) is 5.69 Å². The van der Waals surface area contributed by atoms with Crippen LogP contribution in [0, 0.1) is 0 Å². The number of thiophene rings is 1. The number of fused-ring (bicyclic) bond motifs is 1. The molecule has 0 aliphatic carbocycles. The van der Waals surface area contributed by atoms with Crippen molar-refractivity contribution in [2.45, 2.75) is 19.4 Å². The molecule has 1 amide bonds. The number of rotatable bonds is 3. The summed E-state index contributed by atoms with van der Waals surface area (Å²) in [5.41, 5.74) is 5.52. The average Bonchev–Trinajstić information content (AvgIpc) is 2.68. The number of nitrogen functional groups attached to an aromatic ring is 1. The van der Waals surface area contributed by atoms with Crippen molar-refractivity contribution in [1.29, 1.82) is 0 Å². The molecule has 0 spiro atoms. The van der Waals surface area contributed by atoms with Gasteiger partial charge in [-0.25, -0.2) is 0 Å². The second-order valence-electron chi connectivity index (χ2n) is 5.38. The van der Waals surface area contributed by atoms with Crippen LogP contribution in [0.25, 0.3) is 10.1 Å². The number of carbonyl (C=O) groups is 1. The molecule has 102 valence electrons. The number of anilines is 1. The molecule has 0 saturated heterocycles. The molecule has 0 saturated carbocycles. The number of hydrogen-bond acceptors (Lipinski definition) is 4. The van der Waals surface area contributed by atoms with Gasteiger partial charge in [-0.1, -0.05) is 0 Å². The molecular formula is C14H18N2O2S. The van der Waals surface area contributed by atoms with Crippen LogP contribution >= 0.6 is 11.3 Å². The van der Waals surface area contributed by atoms with E-state index in [9.17, 15) is 9.90 Å². The summed E-state index contributed by atoms with van der Waals surface area (Å²) in [4.78, 5) is 14.5. The standard InChI is InChI=1S/C14H18N2O2S/c1-14(2,18)8-16(3)13(17)12-7-9-6-10(15)4-5-11(9)19-12/h4-7,18H,8,15H2,1-3H3. The van der Waals surface area contributed by atoms with Gasteiger partial charge in [0.1, 0.15) is 0 Å². The number of carbonyl (C=O) groups excluding carboxylic acids is 1. The van der Waals surface area contributed by atoms with Crippen molar-refractivity contribution in [2.75, 3.05) is 19.3 Å². The Labute approximate surface area is 116 Å². The fraction of sp³-hybridized carbons (Fsp3) is 0.357. The van der Waals surface area contributed by atoms with Gasteiger partial charge in [-0.3, -0.25) is 4.79 Å². The molecule has 0 unspecified atom stereocenters. The maximum atomic E-state index is 12.3. The molecule has 5 heteroatoms. The molecule has 2 aromatic rings. The topological polar surface area (TPSA) is 66.6 Å². The third kappa shape index (κ3) is 3.24. The van der Waals surface area contributed by atoms with E-state index < -0.39 is 5.60 Å². The molecule has 0 aliphatic rings. The molecule has 19 heavy (non-hydrogen) atoms. The molecule has 2 rings (SSSR count). The molecule has 0 bridgehead atoms. The van der Waals surface area contributed by atoms with Gasteiger partial charge in [0.25, 0.3) is 5.91 Å². The largest absolute Gasteiger partial charge is 0.399 e. The molecule has 0 fully saturated rings. The van der Waals surface area contributed by atoms with Crippen LogP contribution in [0.15, 0.2) is 24.3 Å². The second kappa shape index (κ2) is 4.83. The van der Waals surface area contributed by atoms with Gasteiger partial charge in [0, 0.05) is 24.0 Å². The summed E-state index contributed by atoms with van der Waals surface area (Å²) in [6.45, 7) is 3.66. The minimum atomic E-state index is -0.897. The van der Waals surface area contributed by atoms with Gasteiger partial charge in [0.05, 0.1) is 10.5 Å². The predicted octanol–water partition coefficient (Wildman–Crippen LogP) is 2.33. The summed E-state index contributed by atoms with van der Waals surface area (Å²) in [6, 6.07) is 7.45. The quantitative estimate of drug-likeness (QED) is 0.847. The highest BCUT2D eigenvalue weighted by Gasteiger charge is 2.21. The number of amides is 1. The number of likely N-dealkylation sites (N-methyl/N-ethyl adjacent to an activating group) is 1. The first-order valence-electron chi connectivity index (χ1n) is 6.03. The third-order valence-electron chi connectivity index (χ3n) is 2.72. The molecule has 3 N–H and O–H groups in total. The molecule has 0 radical (unpaired) electrons. The molecule has 1 aromatic carbocycles. The zero-order valence-electron chi connectivity index (χ0n) is 11.3. The van der Waals surface area contributed by atoms with Crippen molar-refractivity contribution in [3.63, 3.8) is 0 Å². The van der Waals surface area contributed by atoms with E-state index in [0.29, 0.717) is 17.1 Å². The monoisotopic (exact) mass is 278 g/mol. The van der Waals surface area contributed by atoms with Crippen LogP contribution in [-0.4, -0.2) is 35.1 Å². The van der Waals surface area contributed by atoms with Gasteiger partial charge in [0.2, 0.25) is 0 Å². The summed E-state index contributed by atoms with van der Waals surface area (Å²) >= 11 is 1.44. The van der Waals surface area contributed by atoms with E-state index >= 15 is 0 Å². The van der Waals surface area contributed by atoms with E-state index in [1.165, 1.54) is 16.2 Å². The van der Waals surface area contributed by atoms with Crippen LogP contribution in [0.1, 0.15) is 23.5 Å². The van der Waals surface area contributed by atoms with E-state index in [-0.39, 0.29) is 5.91 Å². The highest BCUT2D eigenvalue weighted by Crippen LogP contribution is 2.28. The molecule has 1 heterocycles. The summed E-state index contributed by atoms with van der Waals surface area (Å²) in [5, 5.41) is 10.7. The molecule has 0 aliphatic heterocycles. The lowest BCUT2D eigenvalue weighted by Gasteiger charge is -2.25. The minimum absolute atomic E-state index is 0.0816. The zero-order chi connectivity index (χ0) is 14.2. The highest BCUT2D eigenvalue weighted by molar-refractivity contribution is 7.20. The van der Waals surface area contributed by atoms with E-state index in [1.807, 2.05) is 24.3 Å². The van der Waals surface area contributed by atoms with Crippen molar-refractivity contribution in [3.8, 4) is 0 Å². The van der Waals surface area contributed by atoms with E-state index in [2.05, 4.69) is 0 Å². The second-order valence-corrected chi connectivity index (χ2v) is 6.47. The normalized spacial score (nSPS) is 11.8. The zero-order valence-corrected chi connectivity index (χ0v) is 12.1. The Hall–Kier alpha value is -1.59. The van der Waals surface area contributed by atoms with Crippen LogP contribution in [-0.2, 0) is 0 Å². The Balaban J connectivity index is 2.26. The number of aliphatic hydroxyl groups is 1. The van der Waals surface area contributed by atoms with Crippen molar-refractivity contribution < 1.29 is 9.90 Å². The maximum absolute atomic E-state index is 12.3.